The highest BCUT2D eigenvalue weighted by Gasteiger charge is 2.18. The molecule has 0 saturated heterocycles. The number of benzene rings is 1. The Labute approximate surface area is 115 Å². The predicted molar refractivity (Wildman–Crippen MR) is 79.3 cm³/mol. The molecule has 0 radical (unpaired) electrons. The molecule has 1 unspecified atom stereocenters. The van der Waals surface area contributed by atoms with E-state index in [1.807, 2.05) is 12.4 Å². The second-order valence-corrected chi connectivity index (χ2v) is 4.91. The van der Waals surface area contributed by atoms with Gasteiger partial charge in [-0.05, 0) is 44.0 Å². The fraction of sp³-hybridized carbons (Fsp3) is 0.438. The van der Waals surface area contributed by atoms with Crippen LogP contribution in [0.2, 0.25) is 0 Å². The summed E-state index contributed by atoms with van der Waals surface area (Å²) in [6.07, 6.45) is 3.92. The van der Waals surface area contributed by atoms with Crippen molar-refractivity contribution < 1.29 is 0 Å². The normalized spacial score (nSPS) is 12.6. The molecule has 0 aliphatic carbocycles. The van der Waals surface area contributed by atoms with Crippen LogP contribution < -0.4 is 5.32 Å². The first kappa shape index (κ1) is 13.8. The van der Waals surface area contributed by atoms with Crippen LogP contribution in [0.4, 0.5) is 0 Å². The van der Waals surface area contributed by atoms with Crippen molar-refractivity contribution in [2.75, 3.05) is 6.54 Å². The Morgan fingerprint density at radius 3 is 2.63 bits per heavy atom. The van der Waals surface area contributed by atoms with Gasteiger partial charge in [0.25, 0.3) is 0 Å². The Bertz CT molecular complexity index is 543. The maximum atomic E-state index is 4.53. The van der Waals surface area contributed by atoms with Gasteiger partial charge in [-0.15, -0.1) is 0 Å². The third-order valence-electron chi connectivity index (χ3n) is 3.62. The van der Waals surface area contributed by atoms with Crippen molar-refractivity contribution >= 4 is 0 Å². The molecular formula is C16H23N3. The summed E-state index contributed by atoms with van der Waals surface area (Å²) in [5.41, 5.74) is 3.94. The van der Waals surface area contributed by atoms with Crippen LogP contribution in [0.3, 0.4) is 0 Å². The lowest BCUT2D eigenvalue weighted by Crippen LogP contribution is -2.25. The van der Waals surface area contributed by atoms with Gasteiger partial charge in [0, 0.05) is 18.9 Å². The molecule has 1 aromatic heterocycles. The van der Waals surface area contributed by atoms with Crippen LogP contribution in [0.1, 0.15) is 42.4 Å². The van der Waals surface area contributed by atoms with E-state index < -0.39 is 0 Å². The van der Waals surface area contributed by atoms with E-state index in [0.29, 0.717) is 0 Å². The highest BCUT2D eigenvalue weighted by atomic mass is 15.1. The minimum atomic E-state index is 0.166. The van der Waals surface area contributed by atoms with Crippen molar-refractivity contribution in [2.24, 2.45) is 0 Å². The van der Waals surface area contributed by atoms with Gasteiger partial charge in [0.05, 0.1) is 6.04 Å². The van der Waals surface area contributed by atoms with E-state index in [2.05, 4.69) is 60.8 Å². The molecule has 102 valence electrons. The van der Waals surface area contributed by atoms with E-state index in [1.165, 1.54) is 16.7 Å². The highest BCUT2D eigenvalue weighted by molar-refractivity contribution is 5.34. The van der Waals surface area contributed by atoms with Gasteiger partial charge in [0.2, 0.25) is 0 Å². The Kier molecular flexibility index (Phi) is 4.38. The molecule has 0 fully saturated rings. The van der Waals surface area contributed by atoms with Crippen molar-refractivity contribution in [2.45, 2.75) is 40.3 Å². The first-order valence-corrected chi connectivity index (χ1v) is 6.98. The van der Waals surface area contributed by atoms with Crippen LogP contribution >= 0.6 is 0 Å². The molecule has 0 bridgehead atoms. The summed E-state index contributed by atoms with van der Waals surface area (Å²) in [5, 5.41) is 3.54. The minimum Gasteiger partial charge on any atom is -0.334 e. The van der Waals surface area contributed by atoms with Gasteiger partial charge in [-0.2, -0.15) is 0 Å². The largest absolute Gasteiger partial charge is 0.334 e. The second-order valence-electron chi connectivity index (χ2n) is 4.91. The maximum Gasteiger partial charge on any atom is 0.130 e. The third kappa shape index (κ3) is 2.87. The SMILES string of the molecule is CCNC(c1ccc(C)c(C)c1)c1nccn1CC. The zero-order valence-electron chi connectivity index (χ0n) is 12.3. The number of rotatable bonds is 5. The number of nitrogens with zero attached hydrogens (tertiary/aromatic N) is 2. The van der Waals surface area contributed by atoms with Crippen molar-refractivity contribution in [3.8, 4) is 0 Å². The number of imidazole rings is 1. The lowest BCUT2D eigenvalue weighted by molar-refractivity contribution is 0.558. The van der Waals surface area contributed by atoms with Gasteiger partial charge < -0.3 is 9.88 Å². The first-order chi connectivity index (χ1) is 9.17. The molecule has 1 heterocycles. The number of aryl methyl sites for hydroxylation is 3. The van der Waals surface area contributed by atoms with Crippen LogP contribution in [0.15, 0.2) is 30.6 Å². The lowest BCUT2D eigenvalue weighted by atomic mass is 10.0. The molecule has 19 heavy (non-hydrogen) atoms. The fourth-order valence-corrected chi connectivity index (χ4v) is 2.35. The van der Waals surface area contributed by atoms with Gasteiger partial charge in [-0.25, -0.2) is 4.98 Å². The molecule has 0 spiro atoms. The number of hydrogen-bond acceptors (Lipinski definition) is 2. The molecule has 0 amide bonds. The summed E-state index contributed by atoms with van der Waals surface area (Å²) < 4.78 is 2.20. The van der Waals surface area contributed by atoms with E-state index in [-0.39, 0.29) is 6.04 Å². The second kappa shape index (κ2) is 6.02. The van der Waals surface area contributed by atoms with Crippen molar-refractivity contribution in [1.82, 2.24) is 14.9 Å². The maximum absolute atomic E-state index is 4.53. The number of hydrogen-bond donors (Lipinski definition) is 1. The van der Waals surface area contributed by atoms with Gasteiger partial charge in [0.1, 0.15) is 5.82 Å². The summed E-state index contributed by atoms with van der Waals surface area (Å²) >= 11 is 0. The van der Waals surface area contributed by atoms with E-state index in [4.69, 9.17) is 0 Å². The fourth-order valence-electron chi connectivity index (χ4n) is 2.35. The molecular weight excluding hydrogens is 234 g/mol. The summed E-state index contributed by atoms with van der Waals surface area (Å²) in [6, 6.07) is 6.81. The molecule has 0 aliphatic rings. The molecule has 0 saturated carbocycles. The van der Waals surface area contributed by atoms with Crippen LogP contribution in [0.25, 0.3) is 0 Å². The smallest absolute Gasteiger partial charge is 0.130 e. The predicted octanol–water partition coefficient (Wildman–Crippen LogP) is 3.22. The van der Waals surface area contributed by atoms with Crippen LogP contribution in [0.5, 0.6) is 0 Å². The third-order valence-corrected chi connectivity index (χ3v) is 3.62. The van der Waals surface area contributed by atoms with E-state index in [9.17, 15) is 0 Å². The molecule has 3 nitrogen and oxygen atoms in total. The average Bonchev–Trinajstić information content (AvgIpc) is 2.87. The summed E-state index contributed by atoms with van der Waals surface area (Å²) in [5.74, 6) is 1.09. The van der Waals surface area contributed by atoms with Gasteiger partial charge >= 0.3 is 0 Å². The topological polar surface area (TPSA) is 29.9 Å². The lowest BCUT2D eigenvalue weighted by Gasteiger charge is -2.20. The number of aromatic nitrogens is 2. The molecule has 2 rings (SSSR count). The number of nitrogens with one attached hydrogen (secondary N) is 1. The van der Waals surface area contributed by atoms with Crippen LogP contribution in [0, 0.1) is 13.8 Å². The van der Waals surface area contributed by atoms with Gasteiger partial charge in [-0.3, -0.25) is 0 Å². The monoisotopic (exact) mass is 257 g/mol. The zero-order valence-corrected chi connectivity index (χ0v) is 12.3. The molecule has 1 atom stereocenters. The Hall–Kier alpha value is -1.61. The Morgan fingerprint density at radius 2 is 2.00 bits per heavy atom. The Balaban J connectivity index is 2.42. The highest BCUT2D eigenvalue weighted by Crippen LogP contribution is 2.23. The first-order valence-electron chi connectivity index (χ1n) is 6.98. The van der Waals surface area contributed by atoms with Crippen LogP contribution in [-0.4, -0.2) is 16.1 Å². The Morgan fingerprint density at radius 1 is 1.21 bits per heavy atom. The summed E-state index contributed by atoms with van der Waals surface area (Å²) in [4.78, 5) is 4.53. The van der Waals surface area contributed by atoms with E-state index in [0.717, 1.165) is 18.9 Å². The van der Waals surface area contributed by atoms with E-state index in [1.54, 1.807) is 0 Å². The summed E-state index contributed by atoms with van der Waals surface area (Å²) in [7, 11) is 0. The van der Waals surface area contributed by atoms with Gasteiger partial charge in [-0.1, -0.05) is 25.1 Å². The molecule has 3 heteroatoms. The zero-order chi connectivity index (χ0) is 13.8. The molecule has 1 N–H and O–H groups in total. The van der Waals surface area contributed by atoms with Crippen molar-refractivity contribution in [3.05, 3.63) is 53.1 Å². The molecule has 1 aromatic carbocycles. The average molecular weight is 257 g/mol. The molecule has 0 aliphatic heterocycles. The summed E-state index contributed by atoms with van der Waals surface area (Å²) in [6.45, 7) is 10.5. The van der Waals surface area contributed by atoms with E-state index >= 15 is 0 Å². The quantitative estimate of drug-likeness (QED) is 0.891. The van der Waals surface area contributed by atoms with Crippen molar-refractivity contribution in [3.63, 3.8) is 0 Å². The van der Waals surface area contributed by atoms with Crippen molar-refractivity contribution in [1.29, 1.82) is 0 Å². The standard InChI is InChI=1S/C16H23N3/c1-5-17-15(16-18-9-10-19(16)6-2)14-8-7-12(3)13(4)11-14/h7-11,15,17H,5-6H2,1-4H3. The van der Waals surface area contributed by atoms with Crippen LogP contribution in [-0.2, 0) is 6.54 Å². The van der Waals surface area contributed by atoms with Gasteiger partial charge in [0.15, 0.2) is 0 Å². The molecule has 2 aromatic rings. The minimum absolute atomic E-state index is 0.166.